The summed E-state index contributed by atoms with van der Waals surface area (Å²) in [7, 11) is 1.41. The van der Waals surface area contributed by atoms with Gasteiger partial charge in [0.05, 0.1) is 18.5 Å². The largest absolute Gasteiger partial charge is 0.497 e. The fourth-order valence-electron chi connectivity index (χ4n) is 1.64. The molecule has 2 rings (SSSR count). The van der Waals surface area contributed by atoms with Gasteiger partial charge in [-0.2, -0.15) is 13.2 Å². The van der Waals surface area contributed by atoms with E-state index in [0.29, 0.717) is 11.4 Å². The molecule has 2 N–H and O–H groups in total. The topological polar surface area (TPSA) is 50.4 Å². The monoisotopic (exact) mass is 260 g/mol. The Hall–Kier alpha value is -1.92. The van der Waals surface area contributed by atoms with Gasteiger partial charge in [-0.3, -0.25) is 4.79 Å². The minimum atomic E-state index is -4.70. The highest BCUT2D eigenvalue weighted by Gasteiger charge is 2.58. The molecular weight excluding hydrogens is 249 g/mol. The standard InChI is InChI=1S/C11H11F3N2O2/c1-10(11(12,13)14)9(17)15-7-4-3-6(18-2)5-8(7)16-10/h3-5,16H,1-2H3,(H,15,17). The Morgan fingerprint density at radius 1 is 1.28 bits per heavy atom. The summed E-state index contributed by atoms with van der Waals surface area (Å²) >= 11 is 0. The molecule has 0 radical (unpaired) electrons. The Bertz CT molecular complexity index is 502. The van der Waals surface area contributed by atoms with E-state index in [4.69, 9.17) is 4.74 Å². The molecule has 0 saturated heterocycles. The van der Waals surface area contributed by atoms with Gasteiger partial charge in [0.1, 0.15) is 5.75 Å². The first-order valence-corrected chi connectivity index (χ1v) is 5.12. The van der Waals surface area contributed by atoms with Gasteiger partial charge in [-0.15, -0.1) is 0 Å². The van der Waals surface area contributed by atoms with Crippen LogP contribution in [0.4, 0.5) is 24.5 Å². The van der Waals surface area contributed by atoms with Gasteiger partial charge in [-0.05, 0) is 19.1 Å². The van der Waals surface area contributed by atoms with E-state index in [-0.39, 0.29) is 5.69 Å². The maximum atomic E-state index is 12.9. The number of methoxy groups -OCH3 is 1. The molecule has 0 aromatic heterocycles. The van der Waals surface area contributed by atoms with E-state index in [1.807, 2.05) is 0 Å². The predicted octanol–water partition coefficient (Wildman–Crippen LogP) is 2.38. The molecule has 1 aliphatic heterocycles. The molecule has 1 atom stereocenters. The number of halogens is 3. The fraction of sp³-hybridized carbons (Fsp3) is 0.364. The summed E-state index contributed by atoms with van der Waals surface area (Å²) in [5, 5.41) is 4.45. The van der Waals surface area contributed by atoms with Gasteiger partial charge in [0, 0.05) is 6.07 Å². The zero-order valence-corrected chi connectivity index (χ0v) is 9.68. The maximum absolute atomic E-state index is 12.9. The molecule has 1 unspecified atom stereocenters. The molecule has 18 heavy (non-hydrogen) atoms. The van der Waals surface area contributed by atoms with Crippen molar-refractivity contribution in [2.45, 2.75) is 18.6 Å². The Kier molecular flexibility index (Phi) is 2.64. The average Bonchev–Trinajstić information content (AvgIpc) is 2.28. The number of alkyl halides is 3. The first-order chi connectivity index (χ1) is 8.28. The molecule has 1 amide bonds. The number of amides is 1. The summed E-state index contributed by atoms with van der Waals surface area (Å²) < 4.78 is 43.6. The third kappa shape index (κ3) is 1.75. The lowest BCUT2D eigenvalue weighted by atomic mass is 9.96. The highest BCUT2D eigenvalue weighted by Crippen LogP contribution is 2.41. The van der Waals surface area contributed by atoms with Crippen LogP contribution in [0.1, 0.15) is 6.92 Å². The van der Waals surface area contributed by atoms with Crippen molar-refractivity contribution in [2.75, 3.05) is 17.7 Å². The van der Waals surface area contributed by atoms with Crippen LogP contribution >= 0.6 is 0 Å². The average molecular weight is 260 g/mol. The molecule has 1 aromatic rings. The summed E-state index contributed by atoms with van der Waals surface area (Å²) in [4.78, 5) is 11.6. The van der Waals surface area contributed by atoms with E-state index < -0.39 is 17.6 Å². The number of hydrogen-bond acceptors (Lipinski definition) is 3. The first-order valence-electron chi connectivity index (χ1n) is 5.12. The third-order valence-corrected chi connectivity index (χ3v) is 2.88. The Labute approximate surface area is 101 Å². The van der Waals surface area contributed by atoms with Gasteiger partial charge < -0.3 is 15.4 Å². The summed E-state index contributed by atoms with van der Waals surface area (Å²) in [6.45, 7) is 0.796. The van der Waals surface area contributed by atoms with Crippen molar-refractivity contribution in [1.82, 2.24) is 0 Å². The molecule has 1 aliphatic rings. The Balaban J connectivity index is 2.46. The van der Waals surface area contributed by atoms with Crippen LogP contribution in [0.25, 0.3) is 0 Å². The van der Waals surface area contributed by atoms with E-state index >= 15 is 0 Å². The number of carbonyl (C=O) groups is 1. The predicted molar refractivity (Wildman–Crippen MR) is 59.7 cm³/mol. The van der Waals surface area contributed by atoms with Crippen molar-refractivity contribution in [3.05, 3.63) is 18.2 Å². The molecule has 0 spiro atoms. The van der Waals surface area contributed by atoms with E-state index in [1.54, 1.807) is 6.07 Å². The molecule has 98 valence electrons. The van der Waals surface area contributed by atoms with E-state index in [9.17, 15) is 18.0 Å². The van der Waals surface area contributed by atoms with Crippen LogP contribution in [0.3, 0.4) is 0 Å². The third-order valence-electron chi connectivity index (χ3n) is 2.88. The van der Waals surface area contributed by atoms with Gasteiger partial charge in [-0.1, -0.05) is 0 Å². The van der Waals surface area contributed by atoms with Gasteiger partial charge in [0.25, 0.3) is 5.91 Å². The summed E-state index contributed by atoms with van der Waals surface area (Å²) in [5.74, 6) is -0.727. The van der Waals surface area contributed by atoms with Gasteiger partial charge in [0.15, 0.2) is 0 Å². The van der Waals surface area contributed by atoms with Crippen molar-refractivity contribution in [1.29, 1.82) is 0 Å². The highest BCUT2D eigenvalue weighted by molar-refractivity contribution is 6.06. The zero-order chi connectivity index (χ0) is 13.6. The van der Waals surface area contributed by atoms with E-state index in [0.717, 1.165) is 6.92 Å². The molecule has 1 aromatic carbocycles. The molecule has 7 heteroatoms. The maximum Gasteiger partial charge on any atom is 0.420 e. The lowest BCUT2D eigenvalue weighted by Gasteiger charge is -2.37. The second-order valence-electron chi connectivity index (χ2n) is 4.11. The molecule has 0 saturated carbocycles. The Morgan fingerprint density at radius 3 is 2.50 bits per heavy atom. The minimum Gasteiger partial charge on any atom is -0.497 e. The van der Waals surface area contributed by atoms with Gasteiger partial charge in [-0.25, -0.2) is 0 Å². The van der Waals surface area contributed by atoms with Crippen LogP contribution in [0.2, 0.25) is 0 Å². The van der Waals surface area contributed by atoms with Crippen molar-refractivity contribution in [3.63, 3.8) is 0 Å². The lowest BCUT2D eigenvalue weighted by Crippen LogP contribution is -2.60. The second kappa shape index (κ2) is 3.79. The number of benzene rings is 1. The number of fused-ring (bicyclic) bond motifs is 1. The normalized spacial score (nSPS) is 22.8. The van der Waals surface area contributed by atoms with Crippen LogP contribution in [-0.4, -0.2) is 24.7 Å². The first kappa shape index (κ1) is 12.5. The van der Waals surface area contributed by atoms with E-state index in [1.165, 1.54) is 19.2 Å². The van der Waals surface area contributed by atoms with Crippen molar-refractivity contribution in [2.24, 2.45) is 0 Å². The minimum absolute atomic E-state index is 0.175. The number of carbonyl (C=O) groups excluding carboxylic acids is 1. The summed E-state index contributed by atoms with van der Waals surface area (Å²) in [5.41, 5.74) is -2.18. The molecular formula is C11H11F3N2O2. The molecule has 4 nitrogen and oxygen atoms in total. The number of anilines is 2. The van der Waals surface area contributed by atoms with Crippen LogP contribution in [-0.2, 0) is 4.79 Å². The SMILES string of the molecule is COc1ccc2c(c1)NC(C)(C(F)(F)F)C(=O)N2. The molecule has 0 aliphatic carbocycles. The van der Waals surface area contributed by atoms with Crippen molar-refractivity contribution < 1.29 is 22.7 Å². The quantitative estimate of drug-likeness (QED) is 0.815. The summed E-state index contributed by atoms with van der Waals surface area (Å²) in [6, 6.07) is 4.44. The van der Waals surface area contributed by atoms with Crippen LogP contribution in [0.5, 0.6) is 5.75 Å². The van der Waals surface area contributed by atoms with E-state index in [2.05, 4.69) is 10.6 Å². The zero-order valence-electron chi connectivity index (χ0n) is 9.68. The number of hydrogen-bond donors (Lipinski definition) is 2. The lowest BCUT2D eigenvalue weighted by molar-refractivity contribution is -0.179. The Morgan fingerprint density at radius 2 is 1.94 bits per heavy atom. The molecule has 0 fully saturated rings. The van der Waals surface area contributed by atoms with Crippen LogP contribution < -0.4 is 15.4 Å². The number of ether oxygens (including phenoxy) is 1. The second-order valence-corrected chi connectivity index (χ2v) is 4.11. The summed E-state index contributed by atoms with van der Waals surface area (Å²) in [6.07, 6.45) is -4.70. The fourth-order valence-corrected chi connectivity index (χ4v) is 1.64. The smallest absolute Gasteiger partial charge is 0.420 e. The molecule has 0 bridgehead atoms. The van der Waals surface area contributed by atoms with Gasteiger partial charge in [0.2, 0.25) is 5.54 Å². The number of rotatable bonds is 1. The highest BCUT2D eigenvalue weighted by atomic mass is 19.4. The molecule has 1 heterocycles. The number of nitrogens with one attached hydrogen (secondary N) is 2. The van der Waals surface area contributed by atoms with Gasteiger partial charge >= 0.3 is 6.18 Å². The van der Waals surface area contributed by atoms with Crippen molar-refractivity contribution >= 4 is 17.3 Å². The van der Waals surface area contributed by atoms with Crippen molar-refractivity contribution in [3.8, 4) is 5.75 Å². The van der Waals surface area contributed by atoms with Crippen LogP contribution in [0, 0.1) is 0 Å². The van der Waals surface area contributed by atoms with Crippen LogP contribution in [0.15, 0.2) is 18.2 Å².